The van der Waals surface area contributed by atoms with Crippen LogP contribution in [-0.2, 0) is 6.42 Å². The van der Waals surface area contributed by atoms with Crippen molar-refractivity contribution in [2.24, 2.45) is 5.92 Å². The van der Waals surface area contributed by atoms with Crippen LogP contribution in [0.25, 0.3) is 11.1 Å². The molecule has 2 N–H and O–H groups in total. The number of nitrogens with two attached hydrogens (primary N) is 1. The lowest BCUT2D eigenvalue weighted by Gasteiger charge is -2.13. The van der Waals surface area contributed by atoms with Crippen LogP contribution in [0.15, 0.2) is 45.6 Å². The lowest BCUT2D eigenvalue weighted by molar-refractivity contribution is 0.0840. The van der Waals surface area contributed by atoms with Crippen molar-refractivity contribution in [1.29, 1.82) is 0 Å². The number of ether oxygens (including phenoxy) is 2. The number of rotatable bonds is 5. The number of aromatic nitrogens is 1. The standard InChI is InChI=1S/C19H20N2O5/c1-11(8-12-4-7-15(24-2)17(9-12)25-3)18(22)21-14-6-5-13(20)10-16(14)26-19(21)23/h4-7,9-11H,8,20H2,1-3H3. The maximum Gasteiger partial charge on any atom is 0.426 e. The SMILES string of the molecule is COc1ccc(CC(C)C(=O)n2c(=O)oc3cc(N)ccc32)cc1OC. The fourth-order valence-electron chi connectivity index (χ4n) is 2.91. The van der Waals surface area contributed by atoms with Gasteiger partial charge in [0.1, 0.15) is 0 Å². The summed E-state index contributed by atoms with van der Waals surface area (Å²) in [7, 11) is 3.12. The molecule has 0 aliphatic carbocycles. The Balaban J connectivity index is 1.89. The first-order chi connectivity index (χ1) is 12.4. The predicted octanol–water partition coefficient (Wildman–Crippen LogP) is 2.71. The van der Waals surface area contributed by atoms with Crippen molar-refractivity contribution >= 4 is 22.7 Å². The van der Waals surface area contributed by atoms with Gasteiger partial charge in [0.05, 0.1) is 19.7 Å². The van der Waals surface area contributed by atoms with Gasteiger partial charge in [-0.3, -0.25) is 4.79 Å². The lowest BCUT2D eigenvalue weighted by atomic mass is 10.00. The van der Waals surface area contributed by atoms with Gasteiger partial charge in [-0.15, -0.1) is 0 Å². The summed E-state index contributed by atoms with van der Waals surface area (Å²) in [5.41, 5.74) is 7.76. The van der Waals surface area contributed by atoms with Gasteiger partial charge in [-0.1, -0.05) is 13.0 Å². The van der Waals surface area contributed by atoms with Gasteiger partial charge in [0, 0.05) is 17.7 Å². The van der Waals surface area contributed by atoms with Crippen molar-refractivity contribution in [3.63, 3.8) is 0 Å². The number of nitrogens with zero attached hydrogens (tertiary/aromatic N) is 1. The molecule has 3 aromatic rings. The maximum atomic E-state index is 12.8. The van der Waals surface area contributed by atoms with Crippen LogP contribution >= 0.6 is 0 Å². The van der Waals surface area contributed by atoms with Gasteiger partial charge in [-0.05, 0) is 36.2 Å². The van der Waals surface area contributed by atoms with Crippen molar-refractivity contribution < 1.29 is 18.7 Å². The molecule has 0 saturated carbocycles. The molecule has 1 atom stereocenters. The van der Waals surface area contributed by atoms with Gasteiger partial charge < -0.3 is 19.6 Å². The molecule has 0 radical (unpaired) electrons. The Labute approximate surface area is 149 Å². The number of carbonyl (C=O) groups excluding carboxylic acids is 1. The topological polar surface area (TPSA) is 96.7 Å². The van der Waals surface area contributed by atoms with Crippen molar-refractivity contribution in [2.75, 3.05) is 20.0 Å². The number of hydrogen-bond donors (Lipinski definition) is 1. The highest BCUT2D eigenvalue weighted by molar-refractivity contribution is 5.91. The van der Waals surface area contributed by atoms with Crippen LogP contribution in [0, 0.1) is 5.92 Å². The van der Waals surface area contributed by atoms with Crippen LogP contribution in [0.3, 0.4) is 0 Å². The monoisotopic (exact) mass is 356 g/mol. The van der Waals surface area contributed by atoms with Crippen molar-refractivity contribution in [1.82, 2.24) is 4.57 Å². The summed E-state index contributed by atoms with van der Waals surface area (Å²) in [4.78, 5) is 25.0. The molecule has 136 valence electrons. The molecule has 0 amide bonds. The number of nitrogen functional groups attached to an aromatic ring is 1. The van der Waals surface area contributed by atoms with E-state index in [0.717, 1.165) is 10.1 Å². The number of fused-ring (bicyclic) bond motifs is 1. The molecule has 7 nitrogen and oxygen atoms in total. The molecule has 26 heavy (non-hydrogen) atoms. The molecule has 0 saturated heterocycles. The Morgan fingerprint density at radius 3 is 2.58 bits per heavy atom. The van der Waals surface area contributed by atoms with E-state index in [0.29, 0.717) is 34.7 Å². The molecule has 7 heteroatoms. The Bertz CT molecular complexity index is 1020. The molecule has 0 spiro atoms. The number of anilines is 1. The second kappa shape index (κ2) is 6.95. The van der Waals surface area contributed by atoms with Crippen LogP contribution in [0.5, 0.6) is 11.5 Å². The molecule has 0 aliphatic heterocycles. The lowest BCUT2D eigenvalue weighted by Crippen LogP contribution is -2.28. The summed E-state index contributed by atoms with van der Waals surface area (Å²) in [5.74, 6) is -0.289. The second-order valence-corrected chi connectivity index (χ2v) is 6.06. The smallest absolute Gasteiger partial charge is 0.426 e. The summed E-state index contributed by atoms with van der Waals surface area (Å²) in [6.45, 7) is 1.77. The molecular weight excluding hydrogens is 336 g/mol. The van der Waals surface area contributed by atoms with E-state index < -0.39 is 11.7 Å². The third kappa shape index (κ3) is 3.15. The molecule has 0 bridgehead atoms. The average Bonchev–Trinajstić information content (AvgIpc) is 2.95. The minimum Gasteiger partial charge on any atom is -0.493 e. The van der Waals surface area contributed by atoms with Crippen molar-refractivity contribution in [3.05, 3.63) is 52.5 Å². The molecule has 1 aromatic heterocycles. The van der Waals surface area contributed by atoms with Crippen molar-refractivity contribution in [3.8, 4) is 11.5 Å². The Morgan fingerprint density at radius 2 is 1.88 bits per heavy atom. The molecule has 1 unspecified atom stereocenters. The third-order valence-corrected chi connectivity index (χ3v) is 4.24. The molecule has 1 heterocycles. The van der Waals surface area contributed by atoms with Crippen molar-refractivity contribution in [2.45, 2.75) is 13.3 Å². The zero-order valence-electron chi connectivity index (χ0n) is 14.8. The first-order valence-electron chi connectivity index (χ1n) is 8.10. The maximum absolute atomic E-state index is 12.8. The summed E-state index contributed by atoms with van der Waals surface area (Å²) in [6, 6.07) is 10.2. The minimum atomic E-state index is -0.713. The highest BCUT2D eigenvalue weighted by atomic mass is 16.5. The molecule has 3 rings (SSSR count). The molecular formula is C19H20N2O5. The number of carbonyl (C=O) groups is 1. The van der Waals surface area contributed by atoms with Gasteiger partial charge >= 0.3 is 5.76 Å². The van der Waals surface area contributed by atoms with E-state index >= 15 is 0 Å². The summed E-state index contributed by atoms with van der Waals surface area (Å²) < 4.78 is 16.7. The van der Waals surface area contributed by atoms with E-state index in [-0.39, 0.29) is 5.91 Å². The number of methoxy groups -OCH3 is 2. The van der Waals surface area contributed by atoms with E-state index in [1.165, 1.54) is 6.07 Å². The van der Waals surface area contributed by atoms with Gasteiger partial charge in [-0.2, -0.15) is 0 Å². The molecule has 2 aromatic carbocycles. The summed E-state index contributed by atoms with van der Waals surface area (Å²) in [5, 5.41) is 0. The fraction of sp³-hybridized carbons (Fsp3) is 0.263. The second-order valence-electron chi connectivity index (χ2n) is 6.06. The van der Waals surface area contributed by atoms with Gasteiger partial charge in [0.2, 0.25) is 5.91 Å². The van der Waals surface area contributed by atoms with E-state index in [1.807, 2.05) is 12.1 Å². The Hall–Kier alpha value is -3.22. The Morgan fingerprint density at radius 1 is 1.15 bits per heavy atom. The van der Waals surface area contributed by atoms with Crippen LogP contribution < -0.4 is 21.0 Å². The number of oxazole rings is 1. The predicted molar refractivity (Wildman–Crippen MR) is 97.9 cm³/mol. The number of hydrogen-bond acceptors (Lipinski definition) is 6. The minimum absolute atomic E-state index is 0.293. The normalized spacial score (nSPS) is 12.1. The quantitative estimate of drug-likeness (QED) is 0.706. The van der Waals surface area contributed by atoms with E-state index in [9.17, 15) is 9.59 Å². The highest BCUT2D eigenvalue weighted by Gasteiger charge is 2.22. The molecule has 0 fully saturated rings. The molecule has 0 aliphatic rings. The highest BCUT2D eigenvalue weighted by Crippen LogP contribution is 2.28. The third-order valence-electron chi connectivity index (χ3n) is 4.24. The van der Waals surface area contributed by atoms with E-state index in [2.05, 4.69) is 0 Å². The van der Waals surface area contributed by atoms with Crippen LogP contribution in [0.2, 0.25) is 0 Å². The summed E-state index contributed by atoms with van der Waals surface area (Å²) >= 11 is 0. The van der Waals surface area contributed by atoms with Crippen LogP contribution in [0.4, 0.5) is 5.69 Å². The largest absolute Gasteiger partial charge is 0.493 e. The first-order valence-corrected chi connectivity index (χ1v) is 8.10. The van der Waals surface area contributed by atoms with Gasteiger partial charge in [0.15, 0.2) is 17.1 Å². The zero-order valence-corrected chi connectivity index (χ0v) is 14.8. The Kier molecular flexibility index (Phi) is 4.71. The fourth-order valence-corrected chi connectivity index (χ4v) is 2.91. The average molecular weight is 356 g/mol. The summed E-state index contributed by atoms with van der Waals surface area (Å²) in [6.07, 6.45) is 0.438. The van der Waals surface area contributed by atoms with Crippen LogP contribution in [0.1, 0.15) is 17.3 Å². The van der Waals surface area contributed by atoms with E-state index in [1.54, 1.807) is 39.3 Å². The van der Waals surface area contributed by atoms with Gasteiger partial charge in [0.25, 0.3) is 0 Å². The van der Waals surface area contributed by atoms with Gasteiger partial charge in [-0.25, -0.2) is 9.36 Å². The first kappa shape index (κ1) is 17.6. The van der Waals surface area contributed by atoms with Crippen LogP contribution in [-0.4, -0.2) is 24.7 Å². The number of benzene rings is 2. The van der Waals surface area contributed by atoms with E-state index in [4.69, 9.17) is 19.6 Å². The zero-order chi connectivity index (χ0) is 18.8.